The standard InChI is InChI=1S/C20H23N3O5S/c1-14(2)23(20(24)22-17-8-5-15(12-21)6-9-17)13-16-7-10-18(27-3)19(11-16)28-29(4,25)26/h5-11,14H,13H2,1-4H3,(H,22,24). The highest BCUT2D eigenvalue weighted by atomic mass is 32.2. The van der Waals surface area contributed by atoms with Crippen molar-refractivity contribution in [3.63, 3.8) is 0 Å². The van der Waals surface area contributed by atoms with Gasteiger partial charge in [0.2, 0.25) is 0 Å². The van der Waals surface area contributed by atoms with Crippen LogP contribution in [0.5, 0.6) is 11.5 Å². The Hall–Kier alpha value is -3.25. The van der Waals surface area contributed by atoms with Crippen molar-refractivity contribution in [2.24, 2.45) is 0 Å². The molecule has 0 bridgehead atoms. The van der Waals surface area contributed by atoms with E-state index in [9.17, 15) is 13.2 Å². The maximum absolute atomic E-state index is 12.7. The van der Waals surface area contributed by atoms with Crippen molar-refractivity contribution in [3.05, 3.63) is 53.6 Å². The molecule has 0 fully saturated rings. The minimum Gasteiger partial charge on any atom is -0.493 e. The van der Waals surface area contributed by atoms with E-state index in [-0.39, 0.29) is 30.1 Å². The molecule has 29 heavy (non-hydrogen) atoms. The summed E-state index contributed by atoms with van der Waals surface area (Å²) in [5, 5.41) is 11.7. The molecule has 0 unspecified atom stereocenters. The van der Waals surface area contributed by atoms with E-state index < -0.39 is 10.1 Å². The Labute approximate surface area is 170 Å². The first-order valence-corrected chi connectivity index (χ1v) is 10.6. The molecule has 0 aromatic heterocycles. The van der Waals surface area contributed by atoms with Gasteiger partial charge in [0.25, 0.3) is 0 Å². The van der Waals surface area contributed by atoms with E-state index >= 15 is 0 Å². The molecular weight excluding hydrogens is 394 g/mol. The molecule has 8 nitrogen and oxygen atoms in total. The summed E-state index contributed by atoms with van der Waals surface area (Å²) in [7, 11) is -2.32. The van der Waals surface area contributed by atoms with Crippen molar-refractivity contribution < 1.29 is 22.1 Å². The average Bonchev–Trinajstić information content (AvgIpc) is 2.65. The molecule has 0 aliphatic rings. The van der Waals surface area contributed by atoms with Crippen LogP contribution in [0.3, 0.4) is 0 Å². The first-order valence-electron chi connectivity index (χ1n) is 8.77. The van der Waals surface area contributed by atoms with Gasteiger partial charge in [0.1, 0.15) is 0 Å². The number of anilines is 1. The second-order valence-electron chi connectivity index (χ2n) is 6.61. The topological polar surface area (TPSA) is 109 Å². The molecule has 0 atom stereocenters. The van der Waals surface area contributed by atoms with Crippen molar-refractivity contribution in [3.8, 4) is 17.6 Å². The second-order valence-corrected chi connectivity index (χ2v) is 8.19. The molecule has 2 rings (SSSR count). The van der Waals surface area contributed by atoms with E-state index in [0.717, 1.165) is 6.26 Å². The average molecular weight is 417 g/mol. The minimum absolute atomic E-state index is 0.0590. The first kappa shape index (κ1) is 22.0. The van der Waals surface area contributed by atoms with Gasteiger partial charge in [-0.25, -0.2) is 4.79 Å². The van der Waals surface area contributed by atoms with Gasteiger partial charge in [0.15, 0.2) is 11.5 Å². The Balaban J connectivity index is 2.22. The minimum atomic E-state index is -3.73. The lowest BCUT2D eigenvalue weighted by atomic mass is 10.1. The fourth-order valence-electron chi connectivity index (χ4n) is 2.56. The molecule has 0 heterocycles. The SMILES string of the molecule is COc1ccc(CN(C(=O)Nc2ccc(C#N)cc2)C(C)C)cc1OS(C)(=O)=O. The van der Waals surface area contributed by atoms with Crippen molar-refractivity contribution in [2.75, 3.05) is 18.7 Å². The molecule has 154 valence electrons. The molecule has 9 heteroatoms. The highest BCUT2D eigenvalue weighted by Gasteiger charge is 2.19. The number of urea groups is 1. The third-order valence-corrected chi connectivity index (χ3v) is 4.45. The van der Waals surface area contributed by atoms with Crippen LogP contribution in [0.25, 0.3) is 0 Å². The Kier molecular flexibility index (Phi) is 7.07. The lowest BCUT2D eigenvalue weighted by molar-refractivity contribution is 0.193. The first-order chi connectivity index (χ1) is 13.6. The summed E-state index contributed by atoms with van der Waals surface area (Å²) in [6, 6.07) is 13.0. The summed E-state index contributed by atoms with van der Waals surface area (Å²) in [6.45, 7) is 3.97. The molecule has 2 aromatic carbocycles. The molecule has 1 N–H and O–H groups in total. The summed E-state index contributed by atoms with van der Waals surface area (Å²) >= 11 is 0. The van der Waals surface area contributed by atoms with E-state index in [0.29, 0.717) is 16.8 Å². The van der Waals surface area contributed by atoms with Crippen molar-refractivity contribution >= 4 is 21.8 Å². The number of hydrogen-bond donors (Lipinski definition) is 1. The van der Waals surface area contributed by atoms with Crippen LogP contribution in [0, 0.1) is 11.3 Å². The van der Waals surface area contributed by atoms with Gasteiger partial charge in [-0.2, -0.15) is 13.7 Å². The predicted octanol–water partition coefficient (Wildman–Crippen LogP) is 3.35. The van der Waals surface area contributed by atoms with Crippen molar-refractivity contribution in [1.82, 2.24) is 4.90 Å². The van der Waals surface area contributed by atoms with E-state index in [2.05, 4.69) is 5.32 Å². The summed E-state index contributed by atoms with van der Waals surface area (Å²) in [5.41, 5.74) is 1.74. The normalized spacial score (nSPS) is 10.9. The zero-order valence-electron chi connectivity index (χ0n) is 16.7. The molecule has 0 spiro atoms. The smallest absolute Gasteiger partial charge is 0.322 e. The maximum atomic E-state index is 12.7. The van der Waals surface area contributed by atoms with E-state index in [1.807, 2.05) is 19.9 Å². The third kappa shape index (κ3) is 6.40. The lowest BCUT2D eigenvalue weighted by Gasteiger charge is -2.27. The highest BCUT2D eigenvalue weighted by molar-refractivity contribution is 7.86. The lowest BCUT2D eigenvalue weighted by Crippen LogP contribution is -2.39. The summed E-state index contributed by atoms with van der Waals surface area (Å²) in [5.74, 6) is 0.334. The van der Waals surface area contributed by atoms with Crippen LogP contribution in [-0.4, -0.2) is 38.8 Å². The number of hydrogen-bond acceptors (Lipinski definition) is 6. The van der Waals surface area contributed by atoms with Crippen LogP contribution in [-0.2, 0) is 16.7 Å². The van der Waals surface area contributed by atoms with E-state index in [1.165, 1.54) is 13.2 Å². The molecular formula is C20H23N3O5S. The maximum Gasteiger partial charge on any atom is 0.322 e. The van der Waals surface area contributed by atoms with Crippen LogP contribution >= 0.6 is 0 Å². The zero-order valence-corrected chi connectivity index (χ0v) is 17.5. The Morgan fingerprint density at radius 1 is 1.17 bits per heavy atom. The predicted molar refractivity (Wildman–Crippen MR) is 109 cm³/mol. The molecule has 2 aromatic rings. The molecule has 2 amide bonds. The van der Waals surface area contributed by atoms with Crippen molar-refractivity contribution in [1.29, 1.82) is 5.26 Å². The molecule has 0 aliphatic carbocycles. The monoisotopic (exact) mass is 417 g/mol. The molecule has 0 radical (unpaired) electrons. The molecule has 0 saturated carbocycles. The van der Waals surface area contributed by atoms with Gasteiger partial charge in [-0.1, -0.05) is 6.07 Å². The van der Waals surface area contributed by atoms with E-state index in [4.69, 9.17) is 14.2 Å². The van der Waals surface area contributed by atoms with Crippen LogP contribution in [0.2, 0.25) is 0 Å². The fourth-order valence-corrected chi connectivity index (χ4v) is 3.01. The van der Waals surface area contributed by atoms with Crippen LogP contribution in [0.1, 0.15) is 25.0 Å². The fraction of sp³-hybridized carbons (Fsp3) is 0.300. The van der Waals surface area contributed by atoms with Gasteiger partial charge in [-0.15, -0.1) is 0 Å². The van der Waals surface area contributed by atoms with Crippen LogP contribution in [0.4, 0.5) is 10.5 Å². The number of benzene rings is 2. The number of nitriles is 1. The highest BCUT2D eigenvalue weighted by Crippen LogP contribution is 2.30. The number of carbonyl (C=O) groups excluding carboxylic acids is 1. The summed E-state index contributed by atoms with van der Waals surface area (Å²) < 4.78 is 33.1. The Morgan fingerprint density at radius 3 is 2.34 bits per heavy atom. The van der Waals surface area contributed by atoms with Crippen molar-refractivity contribution in [2.45, 2.75) is 26.4 Å². The van der Waals surface area contributed by atoms with Gasteiger partial charge >= 0.3 is 16.1 Å². The number of methoxy groups -OCH3 is 1. The number of rotatable bonds is 7. The summed E-state index contributed by atoms with van der Waals surface area (Å²) in [4.78, 5) is 14.3. The van der Waals surface area contributed by atoms with Crippen LogP contribution < -0.4 is 14.2 Å². The largest absolute Gasteiger partial charge is 0.493 e. The Morgan fingerprint density at radius 2 is 1.83 bits per heavy atom. The number of ether oxygens (including phenoxy) is 1. The van der Waals surface area contributed by atoms with Gasteiger partial charge in [-0.3, -0.25) is 0 Å². The molecule has 0 aliphatic heterocycles. The van der Waals surface area contributed by atoms with Gasteiger partial charge in [0, 0.05) is 18.3 Å². The Bertz CT molecular complexity index is 1010. The third-order valence-electron chi connectivity index (χ3n) is 3.97. The zero-order chi connectivity index (χ0) is 21.6. The van der Waals surface area contributed by atoms with Gasteiger partial charge in [0.05, 0.1) is 25.0 Å². The number of nitrogens with one attached hydrogen (secondary N) is 1. The molecule has 0 saturated heterocycles. The number of amides is 2. The van der Waals surface area contributed by atoms with Gasteiger partial charge in [-0.05, 0) is 55.8 Å². The van der Waals surface area contributed by atoms with Gasteiger partial charge < -0.3 is 19.1 Å². The summed E-state index contributed by atoms with van der Waals surface area (Å²) in [6.07, 6.45) is 0.949. The number of nitrogens with zero attached hydrogens (tertiary/aromatic N) is 2. The van der Waals surface area contributed by atoms with Crippen LogP contribution in [0.15, 0.2) is 42.5 Å². The quantitative estimate of drug-likeness (QED) is 0.692. The van der Waals surface area contributed by atoms with E-state index in [1.54, 1.807) is 41.3 Å². The number of carbonyl (C=O) groups is 1. The second kappa shape index (κ2) is 9.30.